The van der Waals surface area contributed by atoms with Crippen molar-refractivity contribution in [2.45, 2.75) is 31.4 Å². The molecule has 27 heavy (non-hydrogen) atoms. The van der Waals surface area contributed by atoms with Gasteiger partial charge in [-0.2, -0.15) is 4.68 Å². The topological polar surface area (TPSA) is 34.7 Å². The normalized spacial score (nSPS) is 16.1. The van der Waals surface area contributed by atoms with Crippen LogP contribution in [0, 0.1) is 9.87 Å². The van der Waals surface area contributed by atoms with Gasteiger partial charge in [-0.1, -0.05) is 49.1 Å². The Hall–Kier alpha value is -0.930. The van der Waals surface area contributed by atoms with Crippen LogP contribution in [0.1, 0.15) is 19.4 Å². The van der Waals surface area contributed by atoms with E-state index in [1.165, 1.54) is 16.2 Å². The van der Waals surface area contributed by atoms with Crippen molar-refractivity contribution in [1.82, 2.24) is 9.78 Å². The first-order valence-electron chi connectivity index (χ1n) is 9.45. The fourth-order valence-electron chi connectivity index (χ4n) is 2.99. The number of quaternary nitrogens is 1. The summed E-state index contributed by atoms with van der Waals surface area (Å²) in [7, 11) is 2.19. The van der Waals surface area contributed by atoms with Gasteiger partial charge in [0.05, 0.1) is 20.3 Å². The number of ether oxygens (including phenoxy) is 1. The lowest BCUT2D eigenvalue weighted by Gasteiger charge is -2.29. The van der Waals surface area contributed by atoms with E-state index in [9.17, 15) is 0 Å². The molecule has 1 aromatic heterocycles. The minimum atomic E-state index is 0.662. The minimum absolute atomic E-state index is 0.662. The number of aromatic nitrogens is 2. The average molecular weight is 426 g/mol. The fraction of sp³-hybridized carbons (Fsp3) is 0.579. The average Bonchev–Trinajstić information content (AvgIpc) is 3.01. The molecule has 0 spiro atoms. The van der Waals surface area contributed by atoms with E-state index in [0.29, 0.717) is 5.92 Å². The standard InChI is InChI=1S/C19H28N4OS3/c1-15(2)13-26-18-20-23(19(25)27-18)14-21(3)12-16-4-6-17(7-5-16)22-8-10-24-11-9-22/h4-7,15H,8-14H2,1-3H3/p+1. The maximum Gasteiger partial charge on any atom is 0.185 e. The summed E-state index contributed by atoms with van der Waals surface area (Å²) in [5.41, 5.74) is 2.62. The third-order valence-electron chi connectivity index (χ3n) is 4.37. The molecular formula is C19H29N4OS3+. The van der Waals surface area contributed by atoms with Crippen molar-refractivity contribution in [1.29, 1.82) is 0 Å². The predicted molar refractivity (Wildman–Crippen MR) is 117 cm³/mol. The number of nitrogens with zero attached hydrogens (tertiary/aromatic N) is 3. The summed E-state index contributed by atoms with van der Waals surface area (Å²) in [6.07, 6.45) is 0. The molecule has 0 aliphatic carbocycles. The van der Waals surface area contributed by atoms with E-state index >= 15 is 0 Å². The minimum Gasteiger partial charge on any atom is -0.378 e. The van der Waals surface area contributed by atoms with Crippen molar-refractivity contribution in [2.24, 2.45) is 5.92 Å². The highest BCUT2D eigenvalue weighted by Gasteiger charge is 2.13. The lowest BCUT2D eigenvalue weighted by molar-refractivity contribution is -0.917. The van der Waals surface area contributed by atoms with E-state index in [2.05, 4.69) is 50.1 Å². The molecule has 0 saturated carbocycles. The Bertz CT molecular complexity index is 766. The monoisotopic (exact) mass is 425 g/mol. The quantitative estimate of drug-likeness (QED) is 0.520. The number of hydrogen-bond donors (Lipinski definition) is 1. The van der Waals surface area contributed by atoms with E-state index in [0.717, 1.165) is 53.6 Å². The summed E-state index contributed by atoms with van der Waals surface area (Å²) in [4.78, 5) is 3.75. The SMILES string of the molecule is CC(C)CSc1nn(C[NH+](C)Cc2ccc(N3CCOCC3)cc2)c(=S)s1. The summed E-state index contributed by atoms with van der Waals surface area (Å²) in [5, 5.41) is 4.69. The molecule has 0 bridgehead atoms. The Kier molecular flexibility index (Phi) is 7.72. The van der Waals surface area contributed by atoms with Crippen LogP contribution < -0.4 is 9.80 Å². The molecule has 3 rings (SSSR count). The third-order valence-corrected chi connectivity index (χ3v) is 7.23. The van der Waals surface area contributed by atoms with Crippen LogP contribution in [0.25, 0.3) is 0 Å². The summed E-state index contributed by atoms with van der Waals surface area (Å²) in [5.74, 6) is 1.75. The van der Waals surface area contributed by atoms with Gasteiger partial charge in [0.15, 0.2) is 15.0 Å². The lowest BCUT2D eigenvalue weighted by atomic mass is 10.2. The van der Waals surface area contributed by atoms with Crippen molar-refractivity contribution in [3.8, 4) is 0 Å². The second-order valence-electron chi connectivity index (χ2n) is 7.40. The highest BCUT2D eigenvalue weighted by molar-refractivity contribution is 8.01. The molecule has 1 aliphatic rings. The molecule has 1 unspecified atom stereocenters. The lowest BCUT2D eigenvalue weighted by Crippen LogP contribution is -3.07. The van der Waals surface area contributed by atoms with Crippen LogP contribution in [0.3, 0.4) is 0 Å². The molecule has 1 saturated heterocycles. The zero-order valence-electron chi connectivity index (χ0n) is 16.3. The Morgan fingerprint density at radius 3 is 2.63 bits per heavy atom. The second kappa shape index (κ2) is 10.0. The van der Waals surface area contributed by atoms with Crippen LogP contribution >= 0.6 is 35.3 Å². The molecule has 148 valence electrons. The van der Waals surface area contributed by atoms with Gasteiger partial charge in [0.2, 0.25) is 0 Å². The first-order valence-corrected chi connectivity index (χ1v) is 11.7. The van der Waals surface area contributed by atoms with Gasteiger partial charge in [-0.25, -0.2) is 0 Å². The van der Waals surface area contributed by atoms with Gasteiger partial charge in [0, 0.05) is 30.1 Å². The van der Waals surface area contributed by atoms with Crippen molar-refractivity contribution >= 4 is 41.0 Å². The number of nitrogens with one attached hydrogen (secondary N) is 1. The van der Waals surface area contributed by atoms with E-state index < -0.39 is 0 Å². The first kappa shape index (κ1) is 20.8. The predicted octanol–water partition coefficient (Wildman–Crippen LogP) is 2.93. The van der Waals surface area contributed by atoms with Gasteiger partial charge in [-0.3, -0.25) is 0 Å². The number of benzene rings is 1. The molecule has 2 aromatic rings. The van der Waals surface area contributed by atoms with Crippen LogP contribution in [0.4, 0.5) is 5.69 Å². The van der Waals surface area contributed by atoms with Crippen LogP contribution in [-0.2, 0) is 18.0 Å². The van der Waals surface area contributed by atoms with Gasteiger partial charge >= 0.3 is 0 Å². The molecule has 1 N–H and O–H groups in total. The largest absolute Gasteiger partial charge is 0.378 e. The number of hydrogen-bond acceptors (Lipinski definition) is 6. The van der Waals surface area contributed by atoms with E-state index in [1.807, 2.05) is 4.68 Å². The zero-order chi connectivity index (χ0) is 19.2. The van der Waals surface area contributed by atoms with Crippen molar-refractivity contribution in [3.63, 3.8) is 0 Å². The molecule has 8 heteroatoms. The summed E-state index contributed by atoms with van der Waals surface area (Å²) >= 11 is 8.93. The second-order valence-corrected chi connectivity index (χ2v) is 10.3. The van der Waals surface area contributed by atoms with Crippen molar-refractivity contribution in [3.05, 3.63) is 33.8 Å². The summed E-state index contributed by atoms with van der Waals surface area (Å²) in [6, 6.07) is 8.92. The molecule has 0 amide bonds. The molecule has 1 aromatic carbocycles. The molecule has 1 atom stereocenters. The molecule has 1 fully saturated rings. The highest BCUT2D eigenvalue weighted by Crippen LogP contribution is 2.23. The van der Waals surface area contributed by atoms with E-state index in [4.69, 9.17) is 22.1 Å². The summed E-state index contributed by atoms with van der Waals surface area (Å²) in [6.45, 7) is 9.80. The zero-order valence-corrected chi connectivity index (χ0v) is 18.8. The van der Waals surface area contributed by atoms with Gasteiger partial charge in [-0.15, -0.1) is 5.10 Å². The van der Waals surface area contributed by atoms with Crippen LogP contribution in [0.2, 0.25) is 0 Å². The van der Waals surface area contributed by atoms with E-state index in [1.54, 1.807) is 23.1 Å². The Morgan fingerprint density at radius 2 is 1.96 bits per heavy atom. The van der Waals surface area contributed by atoms with Gasteiger partial charge in [-0.05, 0) is 30.3 Å². The van der Waals surface area contributed by atoms with Crippen molar-refractivity contribution in [2.75, 3.05) is 44.0 Å². The van der Waals surface area contributed by atoms with Gasteiger partial charge in [0.1, 0.15) is 6.54 Å². The molecule has 0 radical (unpaired) electrons. The summed E-state index contributed by atoms with van der Waals surface area (Å²) < 4.78 is 9.35. The number of morpholine rings is 1. The molecular weight excluding hydrogens is 396 g/mol. The maximum absolute atomic E-state index is 5.50. The number of rotatable bonds is 8. The van der Waals surface area contributed by atoms with E-state index in [-0.39, 0.29) is 0 Å². The molecule has 5 nitrogen and oxygen atoms in total. The molecule has 2 heterocycles. The van der Waals surface area contributed by atoms with Crippen LogP contribution in [0.5, 0.6) is 0 Å². The number of anilines is 1. The smallest absolute Gasteiger partial charge is 0.185 e. The third kappa shape index (κ3) is 6.29. The van der Waals surface area contributed by atoms with Gasteiger partial charge in [0.25, 0.3) is 0 Å². The fourth-order valence-corrected chi connectivity index (χ4v) is 5.30. The van der Waals surface area contributed by atoms with Crippen molar-refractivity contribution < 1.29 is 9.64 Å². The number of thioether (sulfide) groups is 1. The van der Waals surface area contributed by atoms with Crippen LogP contribution in [0.15, 0.2) is 28.6 Å². The molecule has 1 aliphatic heterocycles. The Morgan fingerprint density at radius 1 is 1.26 bits per heavy atom. The Balaban J connectivity index is 1.54. The van der Waals surface area contributed by atoms with Gasteiger partial charge < -0.3 is 14.5 Å². The Labute approximate surface area is 175 Å². The highest BCUT2D eigenvalue weighted by atomic mass is 32.2. The first-order chi connectivity index (χ1) is 13.0. The maximum atomic E-state index is 5.50. The van der Waals surface area contributed by atoms with Crippen LogP contribution in [-0.4, -0.2) is 48.9 Å².